The number of hydrogen-bond donors (Lipinski definition) is 0. The Morgan fingerprint density at radius 1 is 0.964 bits per heavy atom. The highest BCUT2D eigenvalue weighted by Gasteiger charge is 2.37. The molecular formula is C18H26FNO7S. The molecule has 0 aromatic heterocycles. The Morgan fingerprint density at radius 3 is 1.71 bits per heavy atom. The molecule has 1 rings (SSSR count). The lowest BCUT2D eigenvalue weighted by Crippen LogP contribution is -2.44. The van der Waals surface area contributed by atoms with Crippen molar-refractivity contribution in [3.05, 3.63) is 17.9 Å². The van der Waals surface area contributed by atoms with Crippen LogP contribution in [0.15, 0.2) is 17.0 Å². The van der Waals surface area contributed by atoms with Crippen molar-refractivity contribution in [2.24, 2.45) is 0 Å². The van der Waals surface area contributed by atoms with Crippen LogP contribution in [0.5, 0.6) is 5.75 Å². The van der Waals surface area contributed by atoms with Crippen LogP contribution in [0.3, 0.4) is 0 Å². The molecule has 0 saturated carbocycles. The minimum absolute atomic E-state index is 0.344. The number of sulfone groups is 1. The number of amides is 2. The molecule has 8 nitrogen and oxygen atoms in total. The summed E-state index contributed by atoms with van der Waals surface area (Å²) >= 11 is 0. The molecule has 0 aliphatic carbocycles. The predicted octanol–water partition coefficient (Wildman–Crippen LogP) is 3.91. The Kier molecular flexibility index (Phi) is 6.72. The molecule has 0 spiro atoms. The van der Waals surface area contributed by atoms with Crippen LogP contribution >= 0.6 is 0 Å². The van der Waals surface area contributed by atoms with E-state index in [9.17, 15) is 22.4 Å². The highest BCUT2D eigenvalue weighted by molar-refractivity contribution is 7.90. The van der Waals surface area contributed by atoms with Gasteiger partial charge in [0.25, 0.3) is 0 Å². The molecule has 10 heteroatoms. The molecular weight excluding hydrogens is 393 g/mol. The number of carbonyl (C=O) groups is 2. The van der Waals surface area contributed by atoms with Crippen molar-refractivity contribution in [3.63, 3.8) is 0 Å². The van der Waals surface area contributed by atoms with Crippen LogP contribution in [0.25, 0.3) is 0 Å². The normalized spacial score (nSPS) is 12.3. The largest absolute Gasteiger partial charge is 0.494 e. The van der Waals surface area contributed by atoms with Gasteiger partial charge in [-0.25, -0.2) is 22.4 Å². The smallest absolute Gasteiger partial charge is 0.424 e. The van der Waals surface area contributed by atoms with E-state index in [1.54, 1.807) is 41.5 Å². The molecule has 0 saturated heterocycles. The van der Waals surface area contributed by atoms with Crippen LogP contribution in [-0.4, -0.2) is 45.2 Å². The van der Waals surface area contributed by atoms with Crippen molar-refractivity contribution >= 4 is 27.7 Å². The first kappa shape index (κ1) is 23.7. The Morgan fingerprint density at radius 2 is 1.39 bits per heavy atom. The average Bonchev–Trinajstić information content (AvgIpc) is 2.43. The van der Waals surface area contributed by atoms with Crippen molar-refractivity contribution in [2.75, 3.05) is 18.3 Å². The van der Waals surface area contributed by atoms with E-state index in [0.29, 0.717) is 11.0 Å². The van der Waals surface area contributed by atoms with E-state index < -0.39 is 44.7 Å². The molecule has 0 aliphatic heterocycles. The molecule has 1 aromatic rings. The number of ether oxygens (including phenoxy) is 3. The van der Waals surface area contributed by atoms with Gasteiger partial charge in [0.2, 0.25) is 0 Å². The van der Waals surface area contributed by atoms with Crippen molar-refractivity contribution in [3.8, 4) is 5.75 Å². The molecule has 0 unspecified atom stereocenters. The number of carbonyl (C=O) groups excluding carboxylic acids is 2. The van der Waals surface area contributed by atoms with Crippen molar-refractivity contribution in [2.45, 2.75) is 57.6 Å². The van der Waals surface area contributed by atoms with Gasteiger partial charge in [0, 0.05) is 12.3 Å². The van der Waals surface area contributed by atoms with Gasteiger partial charge in [-0.3, -0.25) is 0 Å². The molecule has 158 valence electrons. The van der Waals surface area contributed by atoms with Gasteiger partial charge in [-0.15, -0.1) is 0 Å². The minimum atomic E-state index is -3.77. The second-order valence-corrected chi connectivity index (χ2v) is 10.0. The third-order valence-electron chi connectivity index (χ3n) is 3.03. The van der Waals surface area contributed by atoms with Crippen molar-refractivity contribution < 1.29 is 36.6 Å². The fourth-order valence-electron chi connectivity index (χ4n) is 2.01. The Labute approximate surface area is 164 Å². The van der Waals surface area contributed by atoms with E-state index in [2.05, 4.69) is 0 Å². The molecule has 1 aromatic carbocycles. The number of methoxy groups -OCH3 is 1. The van der Waals surface area contributed by atoms with Crippen LogP contribution < -0.4 is 9.64 Å². The van der Waals surface area contributed by atoms with E-state index >= 15 is 0 Å². The zero-order valence-electron chi connectivity index (χ0n) is 17.2. The molecule has 0 radical (unpaired) electrons. The standard InChI is InChI=1S/C18H26FNO7S/c1-17(2,3)26-15(21)20(16(22)27-18(4,5)6)14-12(19)9-11(28(8,23)24)10-13(14)25-7/h9-10H,1-8H3. The first-order valence-electron chi connectivity index (χ1n) is 8.30. The molecule has 0 aliphatic rings. The summed E-state index contributed by atoms with van der Waals surface area (Å²) in [5, 5.41) is 0. The number of benzene rings is 1. The van der Waals surface area contributed by atoms with Crippen LogP contribution in [0, 0.1) is 5.82 Å². The number of imide groups is 1. The monoisotopic (exact) mass is 419 g/mol. The Bertz CT molecular complexity index is 839. The minimum Gasteiger partial charge on any atom is -0.494 e. The number of anilines is 1. The maximum Gasteiger partial charge on any atom is 0.424 e. The summed E-state index contributed by atoms with van der Waals surface area (Å²) in [7, 11) is -2.62. The number of rotatable bonds is 3. The number of hydrogen-bond acceptors (Lipinski definition) is 7. The lowest BCUT2D eigenvalue weighted by atomic mass is 10.2. The third-order valence-corrected chi connectivity index (χ3v) is 4.12. The number of halogens is 1. The molecule has 0 N–H and O–H groups in total. The fraction of sp³-hybridized carbons (Fsp3) is 0.556. The molecule has 2 amide bonds. The third kappa shape index (κ3) is 6.36. The highest BCUT2D eigenvalue weighted by Crippen LogP contribution is 2.36. The van der Waals surface area contributed by atoms with Gasteiger partial charge in [-0.1, -0.05) is 0 Å². The van der Waals surface area contributed by atoms with E-state index in [-0.39, 0.29) is 10.6 Å². The summed E-state index contributed by atoms with van der Waals surface area (Å²) < 4.78 is 53.8. The molecule has 0 atom stereocenters. The Balaban J connectivity index is 3.65. The zero-order chi connectivity index (χ0) is 22.1. The van der Waals surface area contributed by atoms with E-state index in [4.69, 9.17) is 14.2 Å². The molecule has 28 heavy (non-hydrogen) atoms. The maximum absolute atomic E-state index is 14.9. The van der Waals surface area contributed by atoms with Crippen molar-refractivity contribution in [1.82, 2.24) is 0 Å². The van der Waals surface area contributed by atoms with Gasteiger partial charge in [-0.05, 0) is 47.6 Å². The lowest BCUT2D eigenvalue weighted by Gasteiger charge is -2.29. The summed E-state index contributed by atoms with van der Waals surface area (Å²) in [5.41, 5.74) is -2.60. The topological polar surface area (TPSA) is 99.2 Å². The van der Waals surface area contributed by atoms with E-state index in [1.807, 2.05) is 0 Å². The molecule has 0 bridgehead atoms. The summed E-state index contributed by atoms with van der Waals surface area (Å²) in [6.45, 7) is 9.41. The summed E-state index contributed by atoms with van der Waals surface area (Å²) in [6, 6.07) is 1.70. The first-order valence-corrected chi connectivity index (χ1v) is 10.2. The summed E-state index contributed by atoms with van der Waals surface area (Å²) in [4.78, 5) is 25.3. The van der Waals surface area contributed by atoms with Gasteiger partial charge >= 0.3 is 12.2 Å². The zero-order valence-corrected chi connectivity index (χ0v) is 18.1. The fourth-order valence-corrected chi connectivity index (χ4v) is 2.65. The summed E-state index contributed by atoms with van der Waals surface area (Å²) in [6.07, 6.45) is -1.52. The predicted molar refractivity (Wildman–Crippen MR) is 101 cm³/mol. The number of nitrogens with zero attached hydrogens (tertiary/aromatic N) is 1. The Hall–Kier alpha value is -2.36. The van der Waals surface area contributed by atoms with Crippen LogP contribution in [0.2, 0.25) is 0 Å². The second-order valence-electron chi connectivity index (χ2n) is 8.02. The van der Waals surface area contributed by atoms with Gasteiger partial charge in [0.05, 0.1) is 12.0 Å². The van der Waals surface area contributed by atoms with Crippen LogP contribution in [0.4, 0.5) is 19.7 Å². The van der Waals surface area contributed by atoms with Gasteiger partial charge < -0.3 is 14.2 Å². The maximum atomic E-state index is 14.9. The molecule has 0 heterocycles. The average molecular weight is 419 g/mol. The second kappa shape index (κ2) is 7.94. The van der Waals surface area contributed by atoms with E-state index in [1.165, 1.54) is 0 Å². The quantitative estimate of drug-likeness (QED) is 0.732. The van der Waals surface area contributed by atoms with Gasteiger partial charge in [-0.2, -0.15) is 4.90 Å². The van der Waals surface area contributed by atoms with Crippen LogP contribution in [0.1, 0.15) is 41.5 Å². The van der Waals surface area contributed by atoms with E-state index in [0.717, 1.165) is 19.4 Å². The highest BCUT2D eigenvalue weighted by atomic mass is 32.2. The van der Waals surface area contributed by atoms with Crippen molar-refractivity contribution in [1.29, 1.82) is 0 Å². The van der Waals surface area contributed by atoms with Gasteiger partial charge in [0.1, 0.15) is 22.6 Å². The summed E-state index contributed by atoms with van der Waals surface area (Å²) in [5.74, 6) is -1.52. The van der Waals surface area contributed by atoms with Gasteiger partial charge in [0.15, 0.2) is 15.7 Å². The first-order chi connectivity index (χ1) is 12.5. The SMILES string of the molecule is COc1cc(S(C)(=O)=O)cc(F)c1N(C(=O)OC(C)(C)C)C(=O)OC(C)(C)C. The van der Waals surface area contributed by atoms with Crippen LogP contribution in [-0.2, 0) is 19.3 Å². The lowest BCUT2D eigenvalue weighted by molar-refractivity contribution is 0.0427. The molecule has 0 fully saturated rings.